The molecule has 4 rings (SSSR count). The summed E-state index contributed by atoms with van der Waals surface area (Å²) in [6.45, 7) is 2.54. The minimum absolute atomic E-state index is 0.0648. The summed E-state index contributed by atoms with van der Waals surface area (Å²) in [6.07, 6.45) is -4.20. The minimum Gasteiger partial charge on any atom is -0.196 e. The fourth-order valence-corrected chi connectivity index (χ4v) is 4.68. The molecule has 4 aliphatic rings. The molecule has 0 unspecified atom stereocenters. The van der Waals surface area contributed by atoms with Gasteiger partial charge in [0, 0.05) is 5.41 Å². The third kappa shape index (κ3) is 3.59. The van der Waals surface area contributed by atoms with E-state index in [1.54, 1.807) is 0 Å². The molecular weight excluding hydrogens is 380 g/mol. The molecule has 8 heteroatoms. The van der Waals surface area contributed by atoms with Crippen LogP contribution in [0, 0.1) is 34.5 Å². The van der Waals surface area contributed by atoms with E-state index in [-0.39, 0.29) is 11.8 Å². The highest BCUT2D eigenvalue weighted by Gasteiger charge is 2.74. The van der Waals surface area contributed by atoms with Gasteiger partial charge >= 0.3 is 18.3 Å². The number of alkyl halides is 8. The van der Waals surface area contributed by atoms with Crippen LogP contribution >= 0.6 is 0 Å². The van der Waals surface area contributed by atoms with Crippen molar-refractivity contribution in [3.05, 3.63) is 0 Å². The SMILES string of the molecule is CC(C1CC1)(C1CC1)C(F)(F)C(F)(F)F.CC(C1CC1)(C1CC1)C(F)(F)F. The molecular formula is C19H26F8. The number of hydrogen-bond acceptors (Lipinski definition) is 0. The minimum atomic E-state index is -5.41. The maximum absolute atomic E-state index is 13.4. The number of halogens is 8. The van der Waals surface area contributed by atoms with Crippen LogP contribution < -0.4 is 0 Å². The normalized spacial score (nSPS) is 25.1. The van der Waals surface area contributed by atoms with E-state index in [2.05, 4.69) is 0 Å². The van der Waals surface area contributed by atoms with Gasteiger partial charge in [-0.3, -0.25) is 0 Å². The first-order valence-electron chi connectivity index (χ1n) is 9.68. The molecule has 0 bridgehead atoms. The third-order valence-electron chi connectivity index (χ3n) is 7.35. The summed E-state index contributed by atoms with van der Waals surface area (Å²) in [7, 11) is 0. The summed E-state index contributed by atoms with van der Waals surface area (Å²) in [5, 5.41) is 0. The lowest BCUT2D eigenvalue weighted by Gasteiger charge is -2.39. The average molecular weight is 406 g/mol. The van der Waals surface area contributed by atoms with Crippen LogP contribution in [0.2, 0.25) is 0 Å². The standard InChI is InChI=1S/C10H13F5.C9H13F3/c1-8(6-2-3-6,7-4-5-7)9(11,12)10(13,14)15;1-8(6-2-3-6,7-4-5-7)9(10,11)12/h6-7H,2-5H2,1H3;6-7H,2-5H2,1H3. The van der Waals surface area contributed by atoms with Gasteiger partial charge in [-0.15, -0.1) is 0 Å². The zero-order valence-corrected chi connectivity index (χ0v) is 15.5. The van der Waals surface area contributed by atoms with E-state index in [0.29, 0.717) is 25.7 Å². The second kappa shape index (κ2) is 6.22. The van der Waals surface area contributed by atoms with Crippen molar-refractivity contribution in [1.82, 2.24) is 0 Å². The summed E-state index contributed by atoms with van der Waals surface area (Å²) < 4.78 is 102. The lowest BCUT2D eigenvalue weighted by molar-refractivity contribution is -0.331. The van der Waals surface area contributed by atoms with E-state index in [9.17, 15) is 35.1 Å². The van der Waals surface area contributed by atoms with Gasteiger partial charge in [0.25, 0.3) is 0 Å². The van der Waals surface area contributed by atoms with Gasteiger partial charge in [-0.25, -0.2) is 0 Å². The highest BCUT2D eigenvalue weighted by atomic mass is 19.4. The average Bonchev–Trinajstić information content (AvgIpc) is 3.36. The molecule has 4 saturated carbocycles. The third-order valence-corrected chi connectivity index (χ3v) is 7.35. The Morgan fingerprint density at radius 3 is 0.889 bits per heavy atom. The van der Waals surface area contributed by atoms with Gasteiger partial charge in [0.05, 0.1) is 5.41 Å². The van der Waals surface area contributed by atoms with E-state index in [4.69, 9.17) is 0 Å². The quantitative estimate of drug-likeness (QED) is 0.418. The maximum atomic E-state index is 13.4. The second-order valence-corrected chi connectivity index (χ2v) is 9.23. The Hall–Kier alpha value is -0.560. The number of rotatable bonds is 5. The molecule has 0 spiro atoms. The molecule has 0 aliphatic heterocycles. The molecule has 0 nitrogen and oxygen atoms in total. The van der Waals surface area contributed by atoms with E-state index in [1.807, 2.05) is 0 Å². The van der Waals surface area contributed by atoms with Gasteiger partial charge in [-0.2, -0.15) is 35.1 Å². The lowest BCUT2D eigenvalue weighted by atomic mass is 9.73. The van der Waals surface area contributed by atoms with Gasteiger partial charge in [-0.05, 0) is 75.0 Å². The molecule has 0 aromatic heterocycles. The van der Waals surface area contributed by atoms with Crippen molar-refractivity contribution in [3.8, 4) is 0 Å². The van der Waals surface area contributed by atoms with E-state index < -0.39 is 40.9 Å². The molecule has 0 amide bonds. The molecule has 0 heterocycles. The van der Waals surface area contributed by atoms with E-state index >= 15 is 0 Å². The van der Waals surface area contributed by atoms with Crippen molar-refractivity contribution >= 4 is 0 Å². The molecule has 0 radical (unpaired) electrons. The number of hydrogen-bond donors (Lipinski definition) is 0. The van der Waals surface area contributed by atoms with Crippen LogP contribution in [-0.2, 0) is 0 Å². The Balaban J connectivity index is 0.000000159. The Morgan fingerprint density at radius 2 is 0.704 bits per heavy atom. The van der Waals surface area contributed by atoms with Gasteiger partial charge in [0.15, 0.2) is 0 Å². The summed E-state index contributed by atoms with van der Waals surface area (Å²) >= 11 is 0. The highest BCUT2D eigenvalue weighted by Crippen LogP contribution is 2.67. The maximum Gasteiger partial charge on any atom is 0.453 e. The van der Waals surface area contributed by atoms with Crippen molar-refractivity contribution in [3.63, 3.8) is 0 Å². The Labute approximate surface area is 154 Å². The van der Waals surface area contributed by atoms with Crippen molar-refractivity contribution in [1.29, 1.82) is 0 Å². The van der Waals surface area contributed by atoms with Gasteiger partial charge in [0.1, 0.15) is 0 Å². The molecule has 0 saturated heterocycles. The highest BCUT2D eigenvalue weighted by molar-refractivity contribution is 5.09. The fraction of sp³-hybridized carbons (Fsp3) is 1.00. The molecule has 0 aromatic rings. The zero-order chi connectivity index (χ0) is 20.5. The molecule has 0 aromatic carbocycles. The van der Waals surface area contributed by atoms with Crippen molar-refractivity contribution in [2.75, 3.05) is 0 Å². The fourth-order valence-electron chi connectivity index (χ4n) is 4.68. The first-order valence-corrected chi connectivity index (χ1v) is 9.68. The Kier molecular flexibility index (Phi) is 4.87. The van der Waals surface area contributed by atoms with E-state index in [1.165, 1.54) is 6.92 Å². The monoisotopic (exact) mass is 406 g/mol. The first kappa shape index (κ1) is 21.2. The Bertz CT molecular complexity index is 521. The van der Waals surface area contributed by atoms with Crippen LogP contribution in [-0.4, -0.2) is 18.3 Å². The first-order chi connectivity index (χ1) is 12.2. The summed E-state index contributed by atoms with van der Waals surface area (Å²) in [5.41, 5.74) is -3.20. The second-order valence-electron chi connectivity index (χ2n) is 9.23. The zero-order valence-electron chi connectivity index (χ0n) is 15.5. The Morgan fingerprint density at radius 1 is 0.444 bits per heavy atom. The smallest absolute Gasteiger partial charge is 0.196 e. The van der Waals surface area contributed by atoms with Crippen molar-refractivity contribution < 1.29 is 35.1 Å². The molecule has 27 heavy (non-hydrogen) atoms. The molecule has 0 atom stereocenters. The van der Waals surface area contributed by atoms with Crippen molar-refractivity contribution in [2.45, 2.75) is 83.5 Å². The van der Waals surface area contributed by atoms with Crippen LogP contribution in [0.5, 0.6) is 0 Å². The topological polar surface area (TPSA) is 0 Å². The van der Waals surface area contributed by atoms with Crippen LogP contribution in [0.25, 0.3) is 0 Å². The largest absolute Gasteiger partial charge is 0.453 e. The van der Waals surface area contributed by atoms with E-state index in [0.717, 1.165) is 32.6 Å². The van der Waals surface area contributed by atoms with Gasteiger partial charge < -0.3 is 0 Å². The van der Waals surface area contributed by atoms with Crippen LogP contribution in [0.4, 0.5) is 35.1 Å². The van der Waals surface area contributed by atoms with Crippen molar-refractivity contribution in [2.24, 2.45) is 34.5 Å². The molecule has 4 aliphatic carbocycles. The summed E-state index contributed by atoms with van der Waals surface area (Å²) in [6, 6.07) is 0. The molecule has 158 valence electrons. The predicted molar refractivity (Wildman–Crippen MR) is 84.2 cm³/mol. The lowest BCUT2D eigenvalue weighted by Crippen LogP contribution is -2.52. The predicted octanol–water partition coefficient (Wildman–Crippen LogP) is 7.39. The van der Waals surface area contributed by atoms with Gasteiger partial charge in [0.2, 0.25) is 0 Å². The van der Waals surface area contributed by atoms with Crippen LogP contribution in [0.3, 0.4) is 0 Å². The molecule has 4 fully saturated rings. The summed E-state index contributed by atoms with van der Waals surface area (Å²) in [4.78, 5) is 0. The van der Waals surface area contributed by atoms with Crippen LogP contribution in [0.15, 0.2) is 0 Å². The van der Waals surface area contributed by atoms with Crippen LogP contribution in [0.1, 0.15) is 65.2 Å². The molecule has 0 N–H and O–H groups in total. The van der Waals surface area contributed by atoms with Gasteiger partial charge in [-0.1, -0.05) is 13.8 Å². The summed E-state index contributed by atoms with van der Waals surface area (Å²) in [5.74, 6) is -5.55.